The Bertz CT molecular complexity index is 1330. The van der Waals surface area contributed by atoms with Gasteiger partial charge >= 0.3 is 6.18 Å². The molecule has 0 spiro atoms. The third-order valence-corrected chi connectivity index (χ3v) is 7.59. The number of hydrogen-bond donors (Lipinski definition) is 4. The summed E-state index contributed by atoms with van der Waals surface area (Å²) < 4.78 is 71.9. The lowest BCUT2D eigenvalue weighted by molar-refractivity contribution is -0.129. The Morgan fingerprint density at radius 2 is 1.90 bits per heavy atom. The summed E-state index contributed by atoms with van der Waals surface area (Å²) in [6, 6.07) is 2.59. The molecule has 2 heterocycles. The van der Waals surface area contributed by atoms with Crippen molar-refractivity contribution in [2.24, 2.45) is 0 Å². The van der Waals surface area contributed by atoms with E-state index in [1.807, 2.05) is 0 Å². The second-order valence-electron chi connectivity index (χ2n) is 9.46. The summed E-state index contributed by atoms with van der Waals surface area (Å²) in [5.74, 6) is -2.22. The van der Waals surface area contributed by atoms with Crippen molar-refractivity contribution >= 4 is 28.7 Å². The van der Waals surface area contributed by atoms with Crippen molar-refractivity contribution < 1.29 is 42.0 Å². The summed E-state index contributed by atoms with van der Waals surface area (Å²) in [6.07, 6.45) is -8.11. The summed E-state index contributed by atoms with van der Waals surface area (Å²) >= 11 is 0.785. The van der Waals surface area contributed by atoms with Gasteiger partial charge in [0, 0.05) is 24.1 Å². The van der Waals surface area contributed by atoms with Crippen LogP contribution in [0.4, 0.5) is 27.8 Å². The van der Waals surface area contributed by atoms with E-state index in [1.165, 1.54) is 10.7 Å². The fourth-order valence-electron chi connectivity index (χ4n) is 4.68. The molecule has 6 atom stereocenters. The first-order chi connectivity index (χ1) is 18.6. The number of benzene rings is 1. The third-order valence-electron chi connectivity index (χ3n) is 6.74. The molecule has 3 aromatic rings. The van der Waals surface area contributed by atoms with Gasteiger partial charge in [0.05, 0.1) is 31.8 Å². The number of anilines is 1. The van der Waals surface area contributed by atoms with Gasteiger partial charge < -0.3 is 25.4 Å². The lowest BCUT2D eigenvalue weighted by Crippen LogP contribution is -2.33. The van der Waals surface area contributed by atoms with Crippen molar-refractivity contribution in [2.75, 3.05) is 24.3 Å². The van der Waals surface area contributed by atoms with Crippen LogP contribution >= 0.6 is 11.8 Å². The molecule has 0 radical (unpaired) electrons. The van der Waals surface area contributed by atoms with Crippen LogP contribution in [-0.4, -0.2) is 89.8 Å². The Morgan fingerprint density at radius 1 is 1.10 bits per heavy atom. The zero-order chi connectivity index (χ0) is 27.9. The summed E-state index contributed by atoms with van der Waals surface area (Å²) in [5, 5.41) is 41.5. The number of rotatable bonds is 10. The van der Waals surface area contributed by atoms with Crippen LogP contribution in [0.25, 0.3) is 11.2 Å². The van der Waals surface area contributed by atoms with Gasteiger partial charge in [-0.2, -0.15) is 13.2 Å². The number of nitrogens with zero attached hydrogens (tertiary/aromatic N) is 5. The minimum Gasteiger partial charge on any atom is -0.394 e. The number of fused-ring (bicyclic) bond motifs is 1. The van der Waals surface area contributed by atoms with E-state index in [0.29, 0.717) is 12.0 Å². The zero-order valence-electron chi connectivity index (χ0n) is 20.2. The molecule has 2 aromatic heterocycles. The molecule has 4 N–H and O–H groups in total. The molecule has 2 aliphatic rings. The summed E-state index contributed by atoms with van der Waals surface area (Å²) in [5.41, 5.74) is 0.899. The molecule has 10 nitrogen and oxygen atoms in total. The fourth-order valence-corrected chi connectivity index (χ4v) is 5.50. The van der Waals surface area contributed by atoms with Gasteiger partial charge in [0.1, 0.15) is 12.2 Å². The molecule has 2 saturated carbocycles. The predicted octanol–water partition coefficient (Wildman–Crippen LogP) is 2.56. The maximum absolute atomic E-state index is 13.7. The van der Waals surface area contributed by atoms with E-state index in [2.05, 4.69) is 25.6 Å². The van der Waals surface area contributed by atoms with E-state index >= 15 is 0 Å². The van der Waals surface area contributed by atoms with Gasteiger partial charge in [-0.3, -0.25) is 0 Å². The molecular weight excluding hydrogens is 551 g/mol. The Hall–Kier alpha value is -2.66. The van der Waals surface area contributed by atoms with Crippen molar-refractivity contribution in [1.29, 1.82) is 0 Å². The Balaban J connectivity index is 1.43. The molecule has 2 unspecified atom stereocenters. The number of aromatic nitrogens is 5. The van der Waals surface area contributed by atoms with Crippen molar-refractivity contribution in [3.63, 3.8) is 0 Å². The van der Waals surface area contributed by atoms with Crippen LogP contribution in [0.3, 0.4) is 0 Å². The van der Waals surface area contributed by atoms with Gasteiger partial charge in [0.15, 0.2) is 33.8 Å². The molecule has 0 saturated heterocycles. The van der Waals surface area contributed by atoms with Crippen LogP contribution in [-0.2, 0) is 4.74 Å². The molecule has 5 rings (SSSR count). The number of aliphatic hydroxyl groups excluding tert-OH is 3. The van der Waals surface area contributed by atoms with Crippen LogP contribution in [0, 0.1) is 11.6 Å². The number of ether oxygens (including phenoxy) is 1. The van der Waals surface area contributed by atoms with Crippen molar-refractivity contribution in [2.45, 2.75) is 66.9 Å². The van der Waals surface area contributed by atoms with Gasteiger partial charge in [0.25, 0.3) is 0 Å². The van der Waals surface area contributed by atoms with Gasteiger partial charge in [-0.05, 0) is 24.1 Å². The highest BCUT2D eigenvalue weighted by atomic mass is 32.2. The SMILES string of the molecule is OCCO[C@H]1C[C@@H](n2nnc3c(NC4CC4c4ccc(F)c(F)c4)nc(SCCC(F)(F)F)nc32)[C@H](O)[C@@H]1O. The number of halogens is 5. The van der Waals surface area contributed by atoms with E-state index in [4.69, 9.17) is 9.84 Å². The normalized spacial score (nSPS) is 26.9. The number of hydrogen-bond acceptors (Lipinski definition) is 10. The monoisotopic (exact) mass is 576 g/mol. The molecule has 212 valence electrons. The lowest BCUT2D eigenvalue weighted by Gasteiger charge is -2.17. The largest absolute Gasteiger partial charge is 0.394 e. The average molecular weight is 577 g/mol. The molecule has 1 aromatic carbocycles. The molecule has 0 bridgehead atoms. The fraction of sp³-hybridized carbons (Fsp3) is 0.565. The second-order valence-corrected chi connectivity index (χ2v) is 10.5. The maximum atomic E-state index is 13.7. The molecule has 0 amide bonds. The lowest BCUT2D eigenvalue weighted by atomic mass is 10.1. The molecule has 39 heavy (non-hydrogen) atoms. The Labute approximate surface area is 222 Å². The third kappa shape index (κ3) is 6.09. The zero-order valence-corrected chi connectivity index (χ0v) is 21.0. The van der Waals surface area contributed by atoms with Crippen molar-refractivity contribution in [3.05, 3.63) is 35.4 Å². The summed E-state index contributed by atoms with van der Waals surface area (Å²) in [7, 11) is 0. The van der Waals surface area contributed by atoms with E-state index < -0.39 is 48.6 Å². The van der Waals surface area contributed by atoms with Gasteiger partial charge in [-0.1, -0.05) is 23.0 Å². The predicted molar refractivity (Wildman–Crippen MR) is 128 cm³/mol. The van der Waals surface area contributed by atoms with Gasteiger partial charge in [-0.15, -0.1) is 5.10 Å². The Morgan fingerprint density at radius 3 is 2.62 bits per heavy atom. The van der Waals surface area contributed by atoms with E-state index in [0.717, 1.165) is 23.9 Å². The summed E-state index contributed by atoms with van der Waals surface area (Å²) in [4.78, 5) is 8.70. The van der Waals surface area contributed by atoms with Gasteiger partial charge in [-0.25, -0.2) is 23.4 Å². The number of nitrogens with one attached hydrogen (secondary N) is 1. The molecule has 2 aliphatic carbocycles. The first-order valence-electron chi connectivity index (χ1n) is 12.2. The van der Waals surface area contributed by atoms with Crippen molar-refractivity contribution in [3.8, 4) is 0 Å². The van der Waals surface area contributed by atoms with Crippen LogP contribution in [0.1, 0.15) is 36.8 Å². The van der Waals surface area contributed by atoms with E-state index in [9.17, 15) is 32.2 Å². The minimum absolute atomic E-state index is 0.0175. The van der Waals surface area contributed by atoms with Crippen LogP contribution < -0.4 is 5.32 Å². The average Bonchev–Trinajstić information content (AvgIpc) is 3.42. The van der Waals surface area contributed by atoms with Gasteiger partial charge in [0.2, 0.25) is 0 Å². The number of thioether (sulfide) groups is 1. The highest BCUT2D eigenvalue weighted by Gasteiger charge is 2.45. The van der Waals surface area contributed by atoms with E-state index in [1.54, 1.807) is 0 Å². The smallest absolute Gasteiger partial charge is 0.389 e. The molecule has 16 heteroatoms. The highest BCUT2D eigenvalue weighted by molar-refractivity contribution is 7.99. The van der Waals surface area contributed by atoms with E-state index in [-0.39, 0.29) is 59.5 Å². The number of alkyl halides is 3. The maximum Gasteiger partial charge on any atom is 0.389 e. The second kappa shape index (κ2) is 11.1. The first-order valence-corrected chi connectivity index (χ1v) is 13.2. The quantitative estimate of drug-likeness (QED) is 0.162. The Kier molecular flexibility index (Phi) is 7.92. The molecular formula is C23H25F5N6O4S. The topological polar surface area (TPSA) is 138 Å². The number of aliphatic hydroxyl groups is 3. The first kappa shape index (κ1) is 27.9. The van der Waals surface area contributed by atoms with Crippen LogP contribution in [0.5, 0.6) is 0 Å². The summed E-state index contributed by atoms with van der Waals surface area (Å²) in [6.45, 7) is -0.320. The van der Waals surface area contributed by atoms with Crippen LogP contribution in [0.2, 0.25) is 0 Å². The minimum atomic E-state index is -4.36. The van der Waals surface area contributed by atoms with Crippen molar-refractivity contribution in [1.82, 2.24) is 25.0 Å². The standard InChI is InChI=1S/C23H25F5N6O4S/c24-12-2-1-10(7-13(12)25)11-8-14(11)29-20-17-21(31-22(30-20)39-6-3-23(26,27)28)34(33-32-17)15-9-16(38-5-4-35)19(37)18(15)36/h1-2,7,11,14-16,18-19,35-37H,3-6,8-9H2,(H,29,30,31)/t11?,14?,15-,16+,18+,19-/m1/s1. The highest BCUT2D eigenvalue weighted by Crippen LogP contribution is 2.44. The molecule has 0 aliphatic heterocycles. The van der Waals surface area contributed by atoms with Crippen LogP contribution in [0.15, 0.2) is 23.4 Å². The molecule has 2 fully saturated rings.